The molecular weight excluding hydrogens is 360 g/mol. The molecule has 0 unspecified atom stereocenters. The monoisotopic (exact) mass is 380 g/mol. The van der Waals surface area contributed by atoms with Gasteiger partial charge in [0.15, 0.2) is 0 Å². The fraction of sp³-hybridized carbons (Fsp3) is 0.143. The number of amides is 1. The predicted octanol–water partition coefficient (Wildman–Crippen LogP) is 4.31. The number of H-pyrrole nitrogens is 1. The molecule has 0 bridgehead atoms. The van der Waals surface area contributed by atoms with E-state index < -0.39 is 0 Å². The van der Waals surface area contributed by atoms with Gasteiger partial charge in [0, 0.05) is 51.9 Å². The summed E-state index contributed by atoms with van der Waals surface area (Å²) in [6.07, 6.45) is 4.55. The van der Waals surface area contributed by atoms with Crippen LogP contribution in [0.2, 0.25) is 5.02 Å². The van der Waals surface area contributed by atoms with Crippen molar-refractivity contribution >= 4 is 40.3 Å². The second-order valence-corrected chi connectivity index (χ2v) is 6.48. The first-order chi connectivity index (χ1) is 13.1. The third kappa shape index (κ3) is 4.99. The predicted molar refractivity (Wildman–Crippen MR) is 112 cm³/mol. The van der Waals surface area contributed by atoms with Crippen molar-refractivity contribution in [3.63, 3.8) is 0 Å². The Labute approximate surface area is 163 Å². The maximum atomic E-state index is 11.9. The number of carbonyl (C=O) groups excluding carboxylic acids is 1. The Kier molecular flexibility index (Phi) is 6.28. The number of para-hydroxylation sites is 1. The molecule has 27 heavy (non-hydrogen) atoms. The van der Waals surface area contributed by atoms with Crippen LogP contribution in [0.4, 0.5) is 0 Å². The van der Waals surface area contributed by atoms with Crippen LogP contribution >= 0.6 is 11.6 Å². The van der Waals surface area contributed by atoms with Crippen molar-refractivity contribution < 1.29 is 4.79 Å². The molecule has 3 rings (SSSR count). The number of rotatable bonds is 8. The van der Waals surface area contributed by atoms with E-state index in [1.807, 2.05) is 54.7 Å². The highest BCUT2D eigenvalue weighted by atomic mass is 35.5. The lowest BCUT2D eigenvalue weighted by atomic mass is 10.1. The second-order valence-electron chi connectivity index (χ2n) is 6.07. The highest BCUT2D eigenvalue weighted by molar-refractivity contribution is 6.32. The number of hydrogen-bond donors (Lipinski definition) is 3. The average Bonchev–Trinajstić information content (AvgIpc) is 3.09. The zero-order valence-electron chi connectivity index (χ0n) is 14.8. The van der Waals surface area contributed by atoms with Gasteiger partial charge in [0.25, 0.3) is 0 Å². The molecule has 0 saturated carbocycles. The summed E-state index contributed by atoms with van der Waals surface area (Å²) in [6, 6.07) is 15.5. The van der Waals surface area contributed by atoms with E-state index >= 15 is 0 Å². The molecule has 5 nitrogen and oxygen atoms in total. The van der Waals surface area contributed by atoms with Gasteiger partial charge >= 0.3 is 0 Å². The van der Waals surface area contributed by atoms with E-state index in [4.69, 9.17) is 11.6 Å². The molecule has 3 aromatic rings. The molecule has 1 aromatic heterocycles. The van der Waals surface area contributed by atoms with E-state index in [0.717, 1.165) is 27.7 Å². The first kappa shape index (κ1) is 18.7. The molecule has 0 fully saturated rings. The first-order valence-corrected chi connectivity index (χ1v) is 9.08. The normalized spacial score (nSPS) is 11.0. The van der Waals surface area contributed by atoms with Crippen molar-refractivity contribution in [2.45, 2.75) is 12.8 Å². The maximum absolute atomic E-state index is 11.9. The number of halogens is 1. The minimum Gasteiger partial charge on any atom is -0.385 e. The van der Waals surface area contributed by atoms with Gasteiger partial charge in [0.05, 0.1) is 6.21 Å². The van der Waals surface area contributed by atoms with Crippen molar-refractivity contribution in [3.05, 3.63) is 77.5 Å². The summed E-state index contributed by atoms with van der Waals surface area (Å²) in [5.74, 6) is -0.128. The van der Waals surface area contributed by atoms with Gasteiger partial charge in [0.2, 0.25) is 5.91 Å². The van der Waals surface area contributed by atoms with E-state index in [9.17, 15) is 4.79 Å². The molecule has 0 aliphatic rings. The number of nitrogens with one attached hydrogen (secondary N) is 3. The van der Waals surface area contributed by atoms with Crippen LogP contribution in [0.5, 0.6) is 0 Å². The van der Waals surface area contributed by atoms with E-state index in [1.165, 1.54) is 0 Å². The molecule has 1 heterocycles. The molecule has 6 heteroatoms. The SMILES string of the molecule is C=C(NCCCC(=O)N/N=C\c1c[nH]c2ccccc12)c1ccccc1Cl. The van der Waals surface area contributed by atoms with Crippen molar-refractivity contribution in [3.8, 4) is 0 Å². The fourth-order valence-electron chi connectivity index (χ4n) is 2.72. The number of fused-ring (bicyclic) bond motifs is 1. The lowest BCUT2D eigenvalue weighted by Crippen LogP contribution is -2.20. The molecule has 3 N–H and O–H groups in total. The van der Waals surface area contributed by atoms with Gasteiger partial charge in [-0.05, 0) is 18.6 Å². The van der Waals surface area contributed by atoms with Crippen LogP contribution < -0.4 is 10.7 Å². The van der Waals surface area contributed by atoms with Crippen molar-refractivity contribution in [1.29, 1.82) is 0 Å². The Morgan fingerprint density at radius 2 is 1.96 bits per heavy atom. The van der Waals surface area contributed by atoms with Gasteiger partial charge in [-0.3, -0.25) is 4.79 Å². The summed E-state index contributed by atoms with van der Waals surface area (Å²) < 4.78 is 0. The summed E-state index contributed by atoms with van der Waals surface area (Å²) >= 11 is 6.14. The van der Waals surface area contributed by atoms with Crippen LogP contribution in [0.1, 0.15) is 24.0 Å². The Morgan fingerprint density at radius 3 is 2.81 bits per heavy atom. The Bertz CT molecular complexity index is 977. The summed E-state index contributed by atoms with van der Waals surface area (Å²) in [5.41, 5.74) is 6.15. The first-order valence-electron chi connectivity index (χ1n) is 8.71. The molecular formula is C21H21ClN4O. The van der Waals surface area contributed by atoms with Gasteiger partial charge in [-0.15, -0.1) is 0 Å². The largest absolute Gasteiger partial charge is 0.385 e. The minimum absolute atomic E-state index is 0.128. The molecule has 1 amide bonds. The Hall–Kier alpha value is -3.05. The van der Waals surface area contributed by atoms with E-state index in [1.54, 1.807) is 6.21 Å². The highest BCUT2D eigenvalue weighted by Gasteiger charge is 2.04. The van der Waals surface area contributed by atoms with Gasteiger partial charge in [-0.2, -0.15) is 5.10 Å². The van der Waals surface area contributed by atoms with Crippen molar-refractivity contribution in [1.82, 2.24) is 15.7 Å². The van der Waals surface area contributed by atoms with Crippen LogP contribution in [-0.4, -0.2) is 23.7 Å². The highest BCUT2D eigenvalue weighted by Crippen LogP contribution is 2.20. The molecule has 0 spiro atoms. The topological polar surface area (TPSA) is 69.3 Å². The third-order valence-electron chi connectivity index (χ3n) is 4.13. The molecule has 138 valence electrons. The number of hydrazone groups is 1. The molecule has 0 aliphatic heterocycles. The number of benzene rings is 2. The molecule has 0 saturated heterocycles. The smallest absolute Gasteiger partial charge is 0.240 e. The van der Waals surface area contributed by atoms with Crippen LogP contribution in [0.25, 0.3) is 16.6 Å². The molecule has 0 aliphatic carbocycles. The van der Waals surface area contributed by atoms with E-state index in [2.05, 4.69) is 27.4 Å². The van der Waals surface area contributed by atoms with Gasteiger partial charge < -0.3 is 10.3 Å². The summed E-state index contributed by atoms with van der Waals surface area (Å²) in [4.78, 5) is 15.1. The lowest BCUT2D eigenvalue weighted by Gasteiger charge is -2.10. The maximum Gasteiger partial charge on any atom is 0.240 e. The van der Waals surface area contributed by atoms with Crippen LogP contribution in [0.3, 0.4) is 0 Å². The van der Waals surface area contributed by atoms with Gasteiger partial charge in [-0.1, -0.05) is 54.6 Å². The number of carbonyl (C=O) groups is 1. The van der Waals surface area contributed by atoms with Crippen LogP contribution in [-0.2, 0) is 4.79 Å². The lowest BCUT2D eigenvalue weighted by molar-refractivity contribution is -0.121. The Morgan fingerprint density at radius 1 is 1.19 bits per heavy atom. The second kappa shape index (κ2) is 9.05. The van der Waals surface area contributed by atoms with E-state index in [-0.39, 0.29) is 5.91 Å². The average molecular weight is 381 g/mol. The zero-order chi connectivity index (χ0) is 19.1. The van der Waals surface area contributed by atoms with Crippen molar-refractivity contribution in [2.24, 2.45) is 5.10 Å². The standard InChI is InChI=1S/C21H21ClN4O/c1-15(17-7-2-4-9-19(17)22)23-12-6-11-21(27)26-25-14-16-13-24-20-10-5-3-8-18(16)20/h2-5,7-10,13-14,23-24H,1,6,11-12H2,(H,26,27)/b25-14-. The molecule has 0 atom stereocenters. The summed E-state index contributed by atoms with van der Waals surface area (Å²) in [7, 11) is 0. The number of aromatic nitrogens is 1. The number of hydrogen-bond acceptors (Lipinski definition) is 3. The van der Waals surface area contributed by atoms with Crippen LogP contribution in [0, 0.1) is 0 Å². The quantitative estimate of drug-likeness (QED) is 0.309. The third-order valence-corrected chi connectivity index (χ3v) is 4.46. The fourth-order valence-corrected chi connectivity index (χ4v) is 2.97. The van der Waals surface area contributed by atoms with Gasteiger partial charge in [-0.25, -0.2) is 5.43 Å². The van der Waals surface area contributed by atoms with E-state index in [0.29, 0.717) is 24.4 Å². The van der Waals surface area contributed by atoms with Gasteiger partial charge in [0.1, 0.15) is 0 Å². The molecule has 0 radical (unpaired) electrons. The minimum atomic E-state index is -0.128. The number of aromatic amines is 1. The summed E-state index contributed by atoms with van der Waals surface area (Å²) in [6.45, 7) is 4.61. The zero-order valence-corrected chi connectivity index (χ0v) is 15.6. The molecule has 2 aromatic carbocycles. The van der Waals surface area contributed by atoms with Crippen molar-refractivity contribution in [2.75, 3.05) is 6.54 Å². The summed E-state index contributed by atoms with van der Waals surface area (Å²) in [5, 5.41) is 8.95. The number of nitrogens with zero attached hydrogens (tertiary/aromatic N) is 1. The van der Waals surface area contributed by atoms with Crippen LogP contribution in [0.15, 0.2) is 66.4 Å². The Balaban J connectivity index is 1.40.